The lowest BCUT2D eigenvalue weighted by atomic mass is 10.0. The molecule has 0 radical (unpaired) electrons. The van der Waals surface area contributed by atoms with E-state index in [0.717, 1.165) is 45.8 Å². The second-order valence-electron chi connectivity index (χ2n) is 6.24. The minimum absolute atomic E-state index is 0.255. The lowest BCUT2D eigenvalue weighted by Crippen LogP contribution is -2.34. The molecule has 0 N–H and O–H groups in total. The number of carbonyl (C=O) groups excluding carboxylic acids is 3. The van der Waals surface area contributed by atoms with E-state index in [4.69, 9.17) is 4.74 Å². The second-order valence-corrected chi connectivity index (χ2v) is 7.24. The van der Waals surface area contributed by atoms with E-state index >= 15 is 0 Å². The first-order valence-corrected chi connectivity index (χ1v) is 9.83. The van der Waals surface area contributed by atoms with Crippen molar-refractivity contribution in [2.75, 3.05) is 20.3 Å². The van der Waals surface area contributed by atoms with Gasteiger partial charge < -0.3 is 9.47 Å². The van der Waals surface area contributed by atoms with Crippen molar-refractivity contribution in [3.63, 3.8) is 0 Å². The average Bonchev–Trinajstić information content (AvgIpc) is 2.96. The van der Waals surface area contributed by atoms with Crippen LogP contribution < -0.4 is 4.74 Å². The SMILES string of the molecule is CCCCOc1ccc2ccccc2c1/C=C1\SC(=O)N(CC(=O)OC)C1=O. The van der Waals surface area contributed by atoms with Gasteiger partial charge in [0.25, 0.3) is 11.1 Å². The number of hydrogen-bond acceptors (Lipinski definition) is 6. The summed E-state index contributed by atoms with van der Waals surface area (Å²) >= 11 is 0.810. The number of fused-ring (bicyclic) bond motifs is 1. The van der Waals surface area contributed by atoms with Gasteiger partial charge in [0.05, 0.1) is 18.6 Å². The smallest absolute Gasteiger partial charge is 0.325 e. The zero-order valence-electron chi connectivity index (χ0n) is 15.8. The van der Waals surface area contributed by atoms with Crippen molar-refractivity contribution in [1.29, 1.82) is 0 Å². The number of thioether (sulfide) groups is 1. The largest absolute Gasteiger partial charge is 0.493 e. The lowest BCUT2D eigenvalue weighted by Gasteiger charge is -2.12. The molecule has 2 amide bonds. The Balaban J connectivity index is 2.00. The summed E-state index contributed by atoms with van der Waals surface area (Å²) in [6, 6.07) is 11.6. The van der Waals surface area contributed by atoms with Crippen LogP contribution in [0.15, 0.2) is 41.3 Å². The summed E-state index contributed by atoms with van der Waals surface area (Å²) < 4.78 is 10.5. The van der Waals surface area contributed by atoms with Crippen LogP contribution in [0.2, 0.25) is 0 Å². The van der Waals surface area contributed by atoms with E-state index in [9.17, 15) is 14.4 Å². The van der Waals surface area contributed by atoms with Crippen LogP contribution in [0.25, 0.3) is 16.8 Å². The Hall–Kier alpha value is -2.80. The maximum absolute atomic E-state index is 12.6. The normalized spacial score (nSPS) is 15.5. The first kappa shape index (κ1) is 19.9. The first-order valence-electron chi connectivity index (χ1n) is 9.02. The fraction of sp³-hybridized carbons (Fsp3) is 0.286. The Morgan fingerprint density at radius 1 is 1.18 bits per heavy atom. The summed E-state index contributed by atoms with van der Waals surface area (Å²) in [7, 11) is 1.22. The number of benzene rings is 2. The van der Waals surface area contributed by atoms with E-state index < -0.39 is 23.7 Å². The van der Waals surface area contributed by atoms with Crippen LogP contribution in [0, 0.1) is 0 Å². The Kier molecular flexibility index (Phi) is 6.36. The maximum Gasteiger partial charge on any atom is 0.325 e. The number of nitrogens with zero attached hydrogens (tertiary/aromatic N) is 1. The van der Waals surface area contributed by atoms with Crippen molar-refractivity contribution >= 4 is 45.7 Å². The molecule has 28 heavy (non-hydrogen) atoms. The number of unbranched alkanes of at least 4 members (excludes halogenated alkanes) is 1. The second kappa shape index (κ2) is 8.93. The van der Waals surface area contributed by atoms with E-state index in [0.29, 0.717) is 12.4 Å². The highest BCUT2D eigenvalue weighted by Gasteiger charge is 2.36. The Morgan fingerprint density at radius 3 is 2.71 bits per heavy atom. The topological polar surface area (TPSA) is 72.9 Å². The van der Waals surface area contributed by atoms with Crippen molar-refractivity contribution in [2.24, 2.45) is 0 Å². The summed E-state index contributed by atoms with van der Waals surface area (Å²) in [6.07, 6.45) is 3.60. The zero-order chi connectivity index (χ0) is 20.1. The van der Waals surface area contributed by atoms with Gasteiger partial charge in [0.2, 0.25) is 0 Å². The third-order valence-electron chi connectivity index (χ3n) is 4.35. The third-order valence-corrected chi connectivity index (χ3v) is 5.26. The zero-order valence-corrected chi connectivity index (χ0v) is 16.6. The number of imide groups is 1. The molecule has 7 heteroatoms. The van der Waals surface area contributed by atoms with Gasteiger partial charge in [0.1, 0.15) is 12.3 Å². The highest BCUT2D eigenvalue weighted by atomic mass is 32.2. The molecule has 1 aliphatic heterocycles. The van der Waals surface area contributed by atoms with Crippen molar-refractivity contribution < 1.29 is 23.9 Å². The number of methoxy groups -OCH3 is 1. The van der Waals surface area contributed by atoms with Gasteiger partial charge in [-0.05, 0) is 41.1 Å². The molecule has 0 unspecified atom stereocenters. The molecule has 3 rings (SSSR count). The molecule has 0 aliphatic carbocycles. The van der Waals surface area contributed by atoms with Crippen molar-refractivity contribution in [3.8, 4) is 5.75 Å². The summed E-state index contributed by atoms with van der Waals surface area (Å²) in [6.45, 7) is 2.26. The van der Waals surface area contributed by atoms with E-state index in [1.807, 2.05) is 36.4 Å². The monoisotopic (exact) mass is 399 g/mol. The molecule has 0 aromatic heterocycles. The fourth-order valence-electron chi connectivity index (χ4n) is 2.84. The molecule has 0 spiro atoms. The number of rotatable bonds is 7. The standard InChI is InChI=1S/C21H21NO5S/c1-3-4-11-27-17-10-9-14-7-5-6-8-15(14)16(17)12-18-20(24)22(21(25)28-18)13-19(23)26-2/h5-10,12H,3-4,11,13H2,1-2H3/b18-12-. The van der Waals surface area contributed by atoms with Gasteiger partial charge in [0.15, 0.2) is 0 Å². The van der Waals surface area contributed by atoms with Crippen LogP contribution >= 0.6 is 11.8 Å². The number of esters is 1. The average molecular weight is 399 g/mol. The molecule has 0 atom stereocenters. The van der Waals surface area contributed by atoms with Crippen LogP contribution in [0.3, 0.4) is 0 Å². The first-order chi connectivity index (χ1) is 13.5. The minimum atomic E-state index is -0.641. The predicted octanol–water partition coefficient (Wildman–Crippen LogP) is 4.23. The quantitative estimate of drug-likeness (QED) is 0.394. The van der Waals surface area contributed by atoms with Gasteiger partial charge in [-0.3, -0.25) is 19.3 Å². The molecular weight excluding hydrogens is 378 g/mol. The van der Waals surface area contributed by atoms with Crippen molar-refractivity contribution in [2.45, 2.75) is 19.8 Å². The van der Waals surface area contributed by atoms with E-state index in [1.165, 1.54) is 7.11 Å². The maximum atomic E-state index is 12.6. The minimum Gasteiger partial charge on any atom is -0.493 e. The number of carbonyl (C=O) groups is 3. The van der Waals surface area contributed by atoms with Gasteiger partial charge in [-0.25, -0.2) is 0 Å². The molecule has 1 heterocycles. The summed E-state index contributed by atoms with van der Waals surface area (Å²) in [5.41, 5.74) is 0.748. The van der Waals surface area contributed by atoms with Gasteiger partial charge in [-0.1, -0.05) is 43.7 Å². The molecule has 0 saturated carbocycles. The van der Waals surface area contributed by atoms with Gasteiger partial charge in [-0.15, -0.1) is 0 Å². The van der Waals surface area contributed by atoms with Gasteiger partial charge >= 0.3 is 5.97 Å². The Bertz CT molecular complexity index is 953. The molecular formula is C21H21NO5S. The highest BCUT2D eigenvalue weighted by Crippen LogP contribution is 2.36. The van der Waals surface area contributed by atoms with Crippen LogP contribution in [-0.2, 0) is 14.3 Å². The Labute approximate surface area is 167 Å². The molecule has 2 aromatic carbocycles. The highest BCUT2D eigenvalue weighted by molar-refractivity contribution is 8.18. The van der Waals surface area contributed by atoms with Crippen LogP contribution in [0.4, 0.5) is 4.79 Å². The van der Waals surface area contributed by atoms with Crippen LogP contribution in [0.1, 0.15) is 25.3 Å². The Morgan fingerprint density at radius 2 is 1.96 bits per heavy atom. The number of hydrogen-bond donors (Lipinski definition) is 0. The van der Waals surface area contributed by atoms with Crippen molar-refractivity contribution in [1.82, 2.24) is 4.90 Å². The summed E-state index contributed by atoms with van der Waals surface area (Å²) in [4.78, 5) is 37.5. The molecule has 1 aliphatic rings. The molecule has 1 saturated heterocycles. The molecule has 146 valence electrons. The van der Waals surface area contributed by atoms with E-state index in [2.05, 4.69) is 11.7 Å². The third kappa shape index (κ3) is 4.20. The summed E-state index contributed by atoms with van der Waals surface area (Å²) in [5, 5.41) is 1.44. The van der Waals surface area contributed by atoms with E-state index in [-0.39, 0.29) is 4.91 Å². The molecule has 0 bridgehead atoms. The van der Waals surface area contributed by atoms with Crippen LogP contribution in [-0.4, -0.2) is 42.3 Å². The number of ether oxygens (including phenoxy) is 2. The lowest BCUT2D eigenvalue weighted by molar-refractivity contribution is -0.143. The molecule has 6 nitrogen and oxygen atoms in total. The van der Waals surface area contributed by atoms with E-state index in [1.54, 1.807) is 6.08 Å². The van der Waals surface area contributed by atoms with Gasteiger partial charge in [0, 0.05) is 5.56 Å². The molecule has 1 fully saturated rings. The van der Waals surface area contributed by atoms with Crippen molar-refractivity contribution in [3.05, 3.63) is 46.9 Å². The fourth-order valence-corrected chi connectivity index (χ4v) is 3.66. The van der Waals surface area contributed by atoms with Crippen LogP contribution in [0.5, 0.6) is 5.75 Å². The molecule has 2 aromatic rings. The number of amides is 2. The van der Waals surface area contributed by atoms with Gasteiger partial charge in [-0.2, -0.15) is 0 Å². The predicted molar refractivity (Wildman–Crippen MR) is 109 cm³/mol. The summed E-state index contributed by atoms with van der Waals surface area (Å²) in [5.74, 6) is -0.489.